The maximum atomic E-state index is 12.6. The monoisotopic (exact) mass is 399 g/mol. The summed E-state index contributed by atoms with van der Waals surface area (Å²) in [6, 6.07) is 9.62. The van der Waals surface area contributed by atoms with Crippen LogP contribution in [0.1, 0.15) is 16.8 Å². The molecule has 8 nitrogen and oxygen atoms in total. The van der Waals surface area contributed by atoms with Crippen LogP contribution in [0.5, 0.6) is 0 Å². The average Bonchev–Trinajstić information content (AvgIpc) is 3.00. The number of fused-ring (bicyclic) bond motifs is 1. The summed E-state index contributed by atoms with van der Waals surface area (Å²) in [5, 5.41) is 19.6. The van der Waals surface area contributed by atoms with Gasteiger partial charge in [0.05, 0.1) is 35.2 Å². The Labute approximate surface area is 163 Å². The second kappa shape index (κ2) is 6.74. The number of carboxylic acid groups (broad SMARTS) is 1. The number of hydrogen-bond donors (Lipinski definition) is 2. The smallest absolute Gasteiger partial charge is 0.341 e. The van der Waals surface area contributed by atoms with Crippen molar-refractivity contribution in [1.82, 2.24) is 9.55 Å². The van der Waals surface area contributed by atoms with Crippen molar-refractivity contribution in [2.75, 3.05) is 11.4 Å². The van der Waals surface area contributed by atoms with Gasteiger partial charge in [0.25, 0.3) is 0 Å². The Kier molecular flexibility index (Phi) is 4.37. The maximum absolute atomic E-state index is 12.6. The zero-order valence-electron chi connectivity index (χ0n) is 14.4. The molecule has 1 aromatic carbocycles. The van der Waals surface area contributed by atoms with Gasteiger partial charge in [-0.15, -0.1) is 0 Å². The van der Waals surface area contributed by atoms with Gasteiger partial charge < -0.3 is 10.2 Å². The lowest BCUT2D eigenvalue weighted by atomic mass is 10.1. The van der Waals surface area contributed by atoms with E-state index in [-0.39, 0.29) is 35.7 Å². The van der Waals surface area contributed by atoms with Crippen LogP contribution in [-0.4, -0.2) is 44.3 Å². The molecule has 142 valence electrons. The first-order valence-electron chi connectivity index (χ1n) is 8.40. The van der Waals surface area contributed by atoms with Crippen LogP contribution in [0.3, 0.4) is 0 Å². The van der Waals surface area contributed by atoms with Gasteiger partial charge in [0, 0.05) is 6.20 Å². The lowest BCUT2D eigenvalue weighted by Gasteiger charge is -2.18. The molecule has 1 amide bonds. The van der Waals surface area contributed by atoms with Crippen molar-refractivity contribution in [1.29, 1.82) is 0 Å². The highest BCUT2D eigenvalue weighted by atomic mass is 35.5. The third-order valence-electron chi connectivity index (χ3n) is 4.56. The van der Waals surface area contributed by atoms with Crippen molar-refractivity contribution >= 4 is 40.3 Å². The molecule has 1 aliphatic heterocycles. The molecule has 1 aliphatic rings. The number of anilines is 1. The number of benzene rings is 1. The molecule has 0 radical (unpaired) electrons. The summed E-state index contributed by atoms with van der Waals surface area (Å²) in [5.74, 6) is -1.39. The Hall–Kier alpha value is -3.23. The van der Waals surface area contributed by atoms with Crippen LogP contribution in [0.15, 0.2) is 47.4 Å². The summed E-state index contributed by atoms with van der Waals surface area (Å²) in [7, 11) is 0. The fourth-order valence-electron chi connectivity index (χ4n) is 3.24. The Balaban J connectivity index is 2.02. The van der Waals surface area contributed by atoms with Crippen LogP contribution in [0.4, 0.5) is 5.82 Å². The zero-order valence-corrected chi connectivity index (χ0v) is 15.1. The van der Waals surface area contributed by atoms with Crippen molar-refractivity contribution in [2.45, 2.75) is 12.5 Å². The third-order valence-corrected chi connectivity index (χ3v) is 4.88. The number of aromatic nitrogens is 2. The average molecular weight is 400 g/mol. The zero-order chi connectivity index (χ0) is 20.0. The van der Waals surface area contributed by atoms with Crippen molar-refractivity contribution in [3.8, 4) is 5.69 Å². The molecule has 3 heterocycles. The highest BCUT2D eigenvalue weighted by Gasteiger charge is 2.30. The Morgan fingerprint density at radius 1 is 1.18 bits per heavy atom. The number of pyridine rings is 2. The lowest BCUT2D eigenvalue weighted by Crippen LogP contribution is -2.27. The van der Waals surface area contributed by atoms with Crippen molar-refractivity contribution in [3.63, 3.8) is 0 Å². The standard InChI is InChI=1S/C19H14ClN3O5/c20-13-3-1-2-4-14(13)22-9-12(19(27)28)17(26)11-5-6-15(21-18(11)22)23-8-10(24)7-16(23)25/h1-6,9-10,24H,7-8H2,(H,27,28)/t10-/m0/s1. The number of β-amino-alcohol motifs (C(OH)–C–C–N with tert-alkyl or cyclic N) is 1. The minimum absolute atomic E-state index is 0.00497. The molecule has 1 saturated heterocycles. The number of amides is 1. The first-order chi connectivity index (χ1) is 13.4. The van der Waals surface area contributed by atoms with Gasteiger partial charge in [0.1, 0.15) is 11.4 Å². The summed E-state index contributed by atoms with van der Waals surface area (Å²) < 4.78 is 1.42. The van der Waals surface area contributed by atoms with Crippen molar-refractivity contribution in [3.05, 3.63) is 63.4 Å². The van der Waals surface area contributed by atoms with Crippen LogP contribution < -0.4 is 10.3 Å². The summed E-state index contributed by atoms with van der Waals surface area (Å²) in [6.45, 7) is 0.0981. The van der Waals surface area contributed by atoms with Gasteiger partial charge in [-0.3, -0.25) is 19.1 Å². The first-order valence-corrected chi connectivity index (χ1v) is 8.77. The first kappa shape index (κ1) is 18.1. The van der Waals surface area contributed by atoms with E-state index in [0.29, 0.717) is 10.7 Å². The number of aromatic carboxylic acids is 1. The highest BCUT2D eigenvalue weighted by molar-refractivity contribution is 6.32. The summed E-state index contributed by atoms with van der Waals surface area (Å²) in [5.41, 5.74) is -0.504. The molecule has 1 fully saturated rings. The molecule has 0 bridgehead atoms. The number of aliphatic hydroxyl groups is 1. The van der Waals surface area contributed by atoms with E-state index < -0.39 is 23.1 Å². The molecule has 0 spiro atoms. The van der Waals surface area contributed by atoms with Crippen LogP contribution in [0, 0.1) is 0 Å². The number of carbonyl (C=O) groups excluding carboxylic acids is 1. The lowest BCUT2D eigenvalue weighted by molar-refractivity contribution is -0.117. The van der Waals surface area contributed by atoms with Crippen LogP contribution >= 0.6 is 11.6 Å². The molecule has 0 aliphatic carbocycles. The summed E-state index contributed by atoms with van der Waals surface area (Å²) in [4.78, 5) is 42.0. The Morgan fingerprint density at radius 3 is 2.57 bits per heavy atom. The normalized spacial score (nSPS) is 16.7. The molecule has 9 heteroatoms. The number of rotatable bonds is 3. The van der Waals surface area contributed by atoms with Crippen LogP contribution in [-0.2, 0) is 4.79 Å². The topological polar surface area (TPSA) is 113 Å². The van der Waals surface area contributed by atoms with E-state index in [9.17, 15) is 24.6 Å². The molecule has 28 heavy (non-hydrogen) atoms. The Morgan fingerprint density at radius 2 is 1.93 bits per heavy atom. The molecule has 2 aromatic heterocycles. The van der Waals surface area contributed by atoms with Gasteiger partial charge in [0.15, 0.2) is 5.65 Å². The second-order valence-corrected chi connectivity index (χ2v) is 6.81. The third kappa shape index (κ3) is 2.92. The van der Waals surface area contributed by atoms with Gasteiger partial charge in [-0.2, -0.15) is 0 Å². The van der Waals surface area contributed by atoms with E-state index in [2.05, 4.69) is 4.98 Å². The second-order valence-electron chi connectivity index (χ2n) is 6.40. The molecule has 4 rings (SSSR count). The predicted molar refractivity (Wildman–Crippen MR) is 102 cm³/mol. The number of nitrogens with zero attached hydrogens (tertiary/aromatic N) is 3. The number of para-hydroxylation sites is 1. The van der Waals surface area contributed by atoms with E-state index in [1.54, 1.807) is 24.3 Å². The van der Waals surface area contributed by atoms with E-state index >= 15 is 0 Å². The Bertz CT molecular complexity index is 1190. The minimum atomic E-state index is -1.37. The SMILES string of the molecule is O=C(O)c1cn(-c2ccccc2Cl)c2nc(N3C[C@@H](O)CC3=O)ccc2c1=O. The maximum Gasteiger partial charge on any atom is 0.341 e. The fraction of sp³-hybridized carbons (Fsp3) is 0.158. The summed E-state index contributed by atoms with van der Waals surface area (Å²) in [6.07, 6.45) is 0.380. The van der Waals surface area contributed by atoms with E-state index in [1.807, 2.05) is 0 Å². The van der Waals surface area contributed by atoms with Gasteiger partial charge in [-0.05, 0) is 24.3 Å². The predicted octanol–water partition coefficient (Wildman–Crippen LogP) is 1.83. The van der Waals surface area contributed by atoms with Crippen molar-refractivity contribution < 1.29 is 19.8 Å². The van der Waals surface area contributed by atoms with Gasteiger partial charge in [0.2, 0.25) is 11.3 Å². The van der Waals surface area contributed by atoms with E-state index in [4.69, 9.17) is 11.6 Å². The fourth-order valence-corrected chi connectivity index (χ4v) is 3.46. The van der Waals surface area contributed by atoms with Gasteiger partial charge >= 0.3 is 5.97 Å². The molecular weight excluding hydrogens is 386 g/mol. The van der Waals surface area contributed by atoms with E-state index in [1.165, 1.54) is 27.8 Å². The van der Waals surface area contributed by atoms with Crippen molar-refractivity contribution in [2.24, 2.45) is 0 Å². The van der Waals surface area contributed by atoms with Crippen LogP contribution in [0.2, 0.25) is 5.02 Å². The molecule has 0 saturated carbocycles. The molecule has 3 aromatic rings. The highest BCUT2D eigenvalue weighted by Crippen LogP contribution is 2.26. The van der Waals surface area contributed by atoms with E-state index in [0.717, 1.165) is 0 Å². The molecule has 1 atom stereocenters. The number of hydrogen-bond acceptors (Lipinski definition) is 5. The molecular formula is C19H14ClN3O5. The quantitative estimate of drug-likeness (QED) is 0.694. The summed E-state index contributed by atoms with van der Waals surface area (Å²) >= 11 is 6.27. The van der Waals surface area contributed by atoms with Gasteiger partial charge in [-0.25, -0.2) is 9.78 Å². The number of carboxylic acids is 1. The number of aliphatic hydroxyl groups excluding tert-OH is 1. The molecule has 2 N–H and O–H groups in total. The largest absolute Gasteiger partial charge is 0.477 e. The minimum Gasteiger partial charge on any atom is -0.477 e. The van der Waals surface area contributed by atoms with Crippen LogP contribution in [0.25, 0.3) is 16.7 Å². The number of halogens is 1. The number of carbonyl (C=O) groups is 2. The van der Waals surface area contributed by atoms with Gasteiger partial charge in [-0.1, -0.05) is 23.7 Å². The molecule has 0 unspecified atom stereocenters.